The van der Waals surface area contributed by atoms with Gasteiger partial charge in [-0.05, 0) is 13.8 Å². The second-order valence-corrected chi connectivity index (χ2v) is 2.26. The minimum absolute atomic E-state index is 1.03. The summed E-state index contributed by atoms with van der Waals surface area (Å²) in [6, 6.07) is 0. The van der Waals surface area contributed by atoms with Gasteiger partial charge in [0, 0.05) is 0 Å². The van der Waals surface area contributed by atoms with Crippen molar-refractivity contribution in [1.29, 1.82) is 0 Å². The molecule has 9 heavy (non-hydrogen) atoms. The van der Waals surface area contributed by atoms with Crippen molar-refractivity contribution in [3.8, 4) is 0 Å². The zero-order valence-electron chi connectivity index (χ0n) is 5.46. The minimum atomic E-state index is -1.53. The molecule has 0 aromatic heterocycles. The topological polar surface area (TPSA) is 83.5 Å². The van der Waals surface area contributed by atoms with Crippen molar-refractivity contribution >= 4 is 5.97 Å². The molecule has 4 N–H and O–H groups in total. The molecule has 0 radical (unpaired) electrons. The lowest BCUT2D eigenvalue weighted by Gasteiger charge is -2.21. The van der Waals surface area contributed by atoms with Gasteiger partial charge in [0.15, 0.2) is 0 Å². The van der Waals surface area contributed by atoms with Crippen LogP contribution in [-0.4, -0.2) is 27.8 Å². The van der Waals surface area contributed by atoms with E-state index in [1.54, 1.807) is 0 Å². The van der Waals surface area contributed by atoms with Crippen LogP contribution in [0.25, 0.3) is 0 Å². The van der Waals surface area contributed by atoms with Crippen molar-refractivity contribution in [2.75, 3.05) is 0 Å². The summed E-state index contributed by atoms with van der Waals surface area (Å²) in [4.78, 5) is 10.2. The second-order valence-electron chi connectivity index (χ2n) is 2.26. The van der Waals surface area contributed by atoms with Gasteiger partial charge in [0.05, 0.1) is 6.10 Å². The van der Waals surface area contributed by atoms with Gasteiger partial charge >= 0.3 is 5.97 Å². The summed E-state index contributed by atoms with van der Waals surface area (Å²) in [6.07, 6.45) is -1.03. The molecule has 0 saturated heterocycles. The molecule has 0 aliphatic rings. The summed E-state index contributed by atoms with van der Waals surface area (Å²) in [5.41, 5.74) is 3.62. The van der Waals surface area contributed by atoms with Crippen molar-refractivity contribution in [3.63, 3.8) is 0 Å². The van der Waals surface area contributed by atoms with E-state index in [9.17, 15) is 4.79 Å². The van der Waals surface area contributed by atoms with E-state index >= 15 is 0 Å². The fraction of sp³-hybridized carbons (Fsp3) is 0.800. The summed E-state index contributed by atoms with van der Waals surface area (Å²) in [5.74, 6) is -1.20. The van der Waals surface area contributed by atoms with Gasteiger partial charge in [-0.15, -0.1) is 0 Å². The molecule has 0 aliphatic carbocycles. The number of nitrogens with two attached hydrogens (primary N) is 1. The van der Waals surface area contributed by atoms with Crippen LogP contribution < -0.4 is 5.73 Å². The molecule has 0 fully saturated rings. The Morgan fingerprint density at radius 2 is 2.11 bits per heavy atom. The minimum Gasteiger partial charge on any atom is -0.480 e. The van der Waals surface area contributed by atoms with E-state index in [2.05, 4.69) is 0 Å². The number of aliphatic carboxylic acids is 1. The zero-order valence-corrected chi connectivity index (χ0v) is 5.46. The highest BCUT2D eigenvalue weighted by atomic mass is 16.4. The first-order chi connectivity index (χ1) is 3.89. The highest BCUT2D eigenvalue weighted by molar-refractivity contribution is 5.78. The van der Waals surface area contributed by atoms with Crippen LogP contribution in [0.5, 0.6) is 0 Å². The smallest absolute Gasteiger partial charge is 0.326 e. The summed E-state index contributed by atoms with van der Waals surface area (Å²) in [7, 11) is 0. The van der Waals surface area contributed by atoms with Crippen molar-refractivity contribution < 1.29 is 15.0 Å². The summed E-state index contributed by atoms with van der Waals surface area (Å²) < 4.78 is 0. The first-order valence-corrected chi connectivity index (χ1v) is 2.59. The summed E-state index contributed by atoms with van der Waals surface area (Å²) in [6.45, 7) is 2.61. The summed E-state index contributed by atoms with van der Waals surface area (Å²) >= 11 is 0. The van der Waals surface area contributed by atoms with E-state index in [0.29, 0.717) is 0 Å². The van der Waals surface area contributed by atoms with E-state index in [4.69, 9.17) is 15.9 Å². The third kappa shape index (κ3) is 1.65. The number of aliphatic hydroxyl groups excluding tert-OH is 1. The molecular weight excluding hydrogens is 122 g/mol. The standard InChI is InChI=1S/C5H11NO3/c1-3(7)5(2,6)4(8)9/h3,7H,6H2,1-2H3,(H,8,9)/t3-,5-/m0/s1. The molecule has 0 heterocycles. The van der Waals surface area contributed by atoms with Gasteiger partial charge in [-0.2, -0.15) is 0 Å². The van der Waals surface area contributed by atoms with Crippen LogP contribution >= 0.6 is 0 Å². The SMILES string of the molecule is C[C@H](O)[C@](C)(N)C(=O)O. The third-order valence-electron chi connectivity index (χ3n) is 1.33. The fourth-order valence-corrected chi connectivity index (χ4v) is 0.179. The molecule has 0 spiro atoms. The van der Waals surface area contributed by atoms with Crippen LogP contribution in [0.1, 0.15) is 13.8 Å². The van der Waals surface area contributed by atoms with E-state index < -0.39 is 17.6 Å². The highest BCUT2D eigenvalue weighted by Crippen LogP contribution is 2.04. The van der Waals surface area contributed by atoms with Crippen LogP contribution in [0.4, 0.5) is 0 Å². The Bertz CT molecular complexity index is 119. The quantitative estimate of drug-likeness (QED) is 0.459. The van der Waals surface area contributed by atoms with Gasteiger partial charge in [-0.1, -0.05) is 0 Å². The maximum Gasteiger partial charge on any atom is 0.326 e. The van der Waals surface area contributed by atoms with Crippen molar-refractivity contribution in [2.24, 2.45) is 5.73 Å². The molecule has 4 heteroatoms. The zero-order chi connectivity index (χ0) is 7.65. The number of aliphatic hydroxyl groups is 1. The Morgan fingerprint density at radius 3 is 2.11 bits per heavy atom. The Kier molecular flexibility index (Phi) is 2.17. The predicted octanol–water partition coefficient (Wildman–Crippen LogP) is -0.831. The molecule has 0 rings (SSSR count). The molecule has 0 unspecified atom stereocenters. The molecule has 0 bridgehead atoms. The molecule has 0 aromatic carbocycles. The van der Waals surface area contributed by atoms with E-state index in [1.807, 2.05) is 0 Å². The Morgan fingerprint density at radius 1 is 1.78 bits per heavy atom. The van der Waals surface area contributed by atoms with Gasteiger partial charge in [0.25, 0.3) is 0 Å². The van der Waals surface area contributed by atoms with Crippen LogP contribution in [0.15, 0.2) is 0 Å². The Labute approximate surface area is 53.3 Å². The fourth-order valence-electron chi connectivity index (χ4n) is 0.179. The van der Waals surface area contributed by atoms with Crippen molar-refractivity contribution in [2.45, 2.75) is 25.5 Å². The summed E-state index contributed by atoms with van der Waals surface area (Å²) in [5, 5.41) is 17.1. The van der Waals surface area contributed by atoms with Gasteiger partial charge < -0.3 is 15.9 Å². The molecule has 54 valence electrons. The maximum absolute atomic E-state index is 10.2. The van der Waals surface area contributed by atoms with Crippen LogP contribution in [0.2, 0.25) is 0 Å². The maximum atomic E-state index is 10.2. The predicted molar refractivity (Wildman–Crippen MR) is 31.9 cm³/mol. The Balaban J connectivity index is 4.19. The first-order valence-electron chi connectivity index (χ1n) is 2.59. The van der Waals surface area contributed by atoms with E-state index in [1.165, 1.54) is 13.8 Å². The van der Waals surface area contributed by atoms with Crippen molar-refractivity contribution in [3.05, 3.63) is 0 Å². The number of hydrogen-bond acceptors (Lipinski definition) is 3. The van der Waals surface area contributed by atoms with Gasteiger partial charge in [-0.25, -0.2) is 0 Å². The van der Waals surface area contributed by atoms with Gasteiger partial charge in [-0.3, -0.25) is 4.79 Å². The number of carboxylic acid groups (broad SMARTS) is 1. The lowest BCUT2D eigenvalue weighted by atomic mass is 9.98. The third-order valence-corrected chi connectivity index (χ3v) is 1.33. The second kappa shape index (κ2) is 2.33. The van der Waals surface area contributed by atoms with Crippen LogP contribution in [0.3, 0.4) is 0 Å². The molecule has 0 aliphatic heterocycles. The van der Waals surface area contributed by atoms with E-state index in [-0.39, 0.29) is 0 Å². The lowest BCUT2D eigenvalue weighted by Crippen LogP contribution is -2.53. The van der Waals surface area contributed by atoms with Gasteiger partial charge in [0.2, 0.25) is 0 Å². The number of hydrogen-bond donors (Lipinski definition) is 3. The first kappa shape index (κ1) is 8.39. The Hall–Kier alpha value is -0.610. The monoisotopic (exact) mass is 133 g/mol. The molecule has 0 amide bonds. The number of rotatable bonds is 2. The van der Waals surface area contributed by atoms with Gasteiger partial charge in [0.1, 0.15) is 5.54 Å². The molecular formula is C5H11NO3. The van der Waals surface area contributed by atoms with Crippen LogP contribution in [0, 0.1) is 0 Å². The van der Waals surface area contributed by atoms with Crippen molar-refractivity contribution in [1.82, 2.24) is 0 Å². The molecule has 0 aromatic rings. The number of carboxylic acids is 1. The molecule has 4 nitrogen and oxygen atoms in total. The highest BCUT2D eigenvalue weighted by Gasteiger charge is 2.33. The molecule has 2 atom stereocenters. The van der Waals surface area contributed by atoms with E-state index in [0.717, 1.165) is 0 Å². The number of carbonyl (C=O) groups is 1. The largest absolute Gasteiger partial charge is 0.480 e. The average molecular weight is 133 g/mol. The van der Waals surface area contributed by atoms with Crippen LogP contribution in [-0.2, 0) is 4.79 Å². The normalized spacial score (nSPS) is 20.4. The molecule has 0 saturated carbocycles. The lowest BCUT2D eigenvalue weighted by molar-refractivity contribution is -0.146. The average Bonchev–Trinajstić information content (AvgIpc) is 1.65.